The van der Waals surface area contributed by atoms with E-state index >= 15 is 0 Å². The Bertz CT molecular complexity index is 632. The Morgan fingerprint density at radius 1 is 1.27 bits per heavy atom. The fourth-order valence-electron chi connectivity index (χ4n) is 2.49. The summed E-state index contributed by atoms with van der Waals surface area (Å²) in [6, 6.07) is 7.88. The third-order valence-electron chi connectivity index (χ3n) is 3.81. The maximum absolute atomic E-state index is 12.3. The summed E-state index contributed by atoms with van der Waals surface area (Å²) in [5.41, 5.74) is 1.95. The second-order valence-electron chi connectivity index (χ2n) is 5.40. The molecule has 0 bridgehead atoms. The number of hydrogen-bond acceptors (Lipinski definition) is 4. The highest BCUT2D eigenvalue weighted by Crippen LogP contribution is 2.20. The smallest absolute Gasteiger partial charge is 0.253 e. The first kappa shape index (κ1) is 15.1. The van der Waals surface area contributed by atoms with Gasteiger partial charge < -0.3 is 4.90 Å². The van der Waals surface area contributed by atoms with Crippen LogP contribution in [-0.2, 0) is 12.2 Å². The molecule has 0 unspecified atom stereocenters. The fourth-order valence-corrected chi connectivity index (χ4v) is 3.27. The molecule has 1 saturated heterocycles. The molecule has 1 aromatic heterocycles. The van der Waals surface area contributed by atoms with Gasteiger partial charge >= 0.3 is 0 Å². The van der Waals surface area contributed by atoms with E-state index < -0.39 is 0 Å². The van der Waals surface area contributed by atoms with Crippen molar-refractivity contribution >= 4 is 17.7 Å². The van der Waals surface area contributed by atoms with Crippen molar-refractivity contribution < 1.29 is 4.79 Å². The molecule has 22 heavy (non-hydrogen) atoms. The Morgan fingerprint density at radius 2 is 2.00 bits per heavy atom. The lowest BCUT2D eigenvalue weighted by Gasteiger charge is -2.15. The van der Waals surface area contributed by atoms with Gasteiger partial charge in [0.05, 0.1) is 0 Å². The Balaban J connectivity index is 1.57. The molecular weight excluding hydrogens is 296 g/mol. The van der Waals surface area contributed by atoms with Crippen LogP contribution < -0.4 is 0 Å². The first-order chi connectivity index (χ1) is 10.8. The molecule has 1 fully saturated rings. The van der Waals surface area contributed by atoms with E-state index in [0.717, 1.165) is 54.6 Å². The molecular formula is C16H20N4OS. The van der Waals surface area contributed by atoms with Crippen LogP contribution in [0.5, 0.6) is 0 Å². The van der Waals surface area contributed by atoms with E-state index in [-0.39, 0.29) is 5.91 Å². The molecule has 1 N–H and O–H groups in total. The molecule has 1 aromatic carbocycles. The number of H-pyrrole nitrogens is 1. The summed E-state index contributed by atoms with van der Waals surface area (Å²) >= 11 is 1.60. The molecule has 116 valence electrons. The number of aromatic nitrogens is 3. The second kappa shape index (κ2) is 6.96. The van der Waals surface area contributed by atoms with E-state index in [1.165, 1.54) is 5.56 Å². The van der Waals surface area contributed by atoms with Crippen LogP contribution >= 0.6 is 11.8 Å². The number of amides is 1. The van der Waals surface area contributed by atoms with Gasteiger partial charge in [-0.15, -0.1) is 5.10 Å². The number of aryl methyl sites for hydroxylation is 1. The molecule has 5 nitrogen and oxygen atoms in total. The van der Waals surface area contributed by atoms with Crippen LogP contribution in [0.1, 0.15) is 41.5 Å². The summed E-state index contributed by atoms with van der Waals surface area (Å²) in [5.74, 6) is 1.87. The Morgan fingerprint density at radius 3 is 2.64 bits per heavy atom. The maximum atomic E-state index is 12.3. The van der Waals surface area contributed by atoms with Gasteiger partial charge in [0, 0.05) is 30.8 Å². The Labute approximate surface area is 134 Å². The van der Waals surface area contributed by atoms with Gasteiger partial charge in [0.1, 0.15) is 5.82 Å². The third-order valence-corrected chi connectivity index (χ3v) is 4.73. The Kier molecular flexibility index (Phi) is 4.77. The fraction of sp³-hybridized carbons (Fsp3) is 0.438. The number of carbonyl (C=O) groups excluding carboxylic acids is 1. The van der Waals surface area contributed by atoms with Crippen LogP contribution in [0.15, 0.2) is 29.4 Å². The van der Waals surface area contributed by atoms with E-state index in [1.807, 2.05) is 36.1 Å². The van der Waals surface area contributed by atoms with E-state index in [2.05, 4.69) is 15.2 Å². The van der Waals surface area contributed by atoms with Crippen molar-refractivity contribution in [2.24, 2.45) is 0 Å². The first-order valence-electron chi connectivity index (χ1n) is 7.68. The Hall–Kier alpha value is -1.82. The molecule has 0 saturated carbocycles. The minimum absolute atomic E-state index is 0.151. The van der Waals surface area contributed by atoms with Crippen molar-refractivity contribution in [1.29, 1.82) is 0 Å². The van der Waals surface area contributed by atoms with Gasteiger partial charge in [0.25, 0.3) is 5.91 Å². The van der Waals surface area contributed by atoms with Crippen molar-refractivity contribution in [2.75, 3.05) is 13.1 Å². The number of nitrogens with zero attached hydrogens (tertiary/aromatic N) is 3. The molecule has 3 rings (SSSR count). The van der Waals surface area contributed by atoms with E-state index in [0.29, 0.717) is 0 Å². The SMILES string of the molecule is CCc1nc(SCc2ccc(C(=O)N3CCCC3)cc2)n[nH]1. The predicted molar refractivity (Wildman–Crippen MR) is 86.9 cm³/mol. The molecule has 2 aromatic rings. The summed E-state index contributed by atoms with van der Waals surface area (Å²) in [6.45, 7) is 3.83. The van der Waals surface area contributed by atoms with Gasteiger partial charge in [-0.3, -0.25) is 9.89 Å². The first-order valence-corrected chi connectivity index (χ1v) is 8.67. The van der Waals surface area contributed by atoms with Crippen LogP contribution in [0.4, 0.5) is 0 Å². The van der Waals surface area contributed by atoms with Crippen LogP contribution in [-0.4, -0.2) is 39.1 Å². The molecule has 0 radical (unpaired) electrons. The van der Waals surface area contributed by atoms with Crippen molar-refractivity contribution in [3.8, 4) is 0 Å². The molecule has 0 spiro atoms. The largest absolute Gasteiger partial charge is 0.339 e. The second-order valence-corrected chi connectivity index (χ2v) is 6.35. The van der Waals surface area contributed by atoms with Crippen LogP contribution in [0, 0.1) is 0 Å². The number of carbonyl (C=O) groups is 1. The topological polar surface area (TPSA) is 61.9 Å². The van der Waals surface area contributed by atoms with Crippen molar-refractivity contribution in [1.82, 2.24) is 20.1 Å². The van der Waals surface area contributed by atoms with Gasteiger partial charge in [0.15, 0.2) is 0 Å². The zero-order valence-corrected chi connectivity index (χ0v) is 13.5. The minimum atomic E-state index is 0.151. The highest BCUT2D eigenvalue weighted by molar-refractivity contribution is 7.98. The van der Waals surface area contributed by atoms with Crippen molar-refractivity contribution in [3.05, 3.63) is 41.2 Å². The van der Waals surface area contributed by atoms with Crippen LogP contribution in [0.3, 0.4) is 0 Å². The van der Waals surface area contributed by atoms with Gasteiger partial charge in [-0.1, -0.05) is 30.8 Å². The average Bonchev–Trinajstić information content (AvgIpc) is 3.24. The maximum Gasteiger partial charge on any atom is 0.253 e. The highest BCUT2D eigenvalue weighted by Gasteiger charge is 2.19. The molecule has 6 heteroatoms. The van der Waals surface area contributed by atoms with Gasteiger partial charge in [-0.2, -0.15) is 0 Å². The number of aromatic amines is 1. The highest BCUT2D eigenvalue weighted by atomic mass is 32.2. The van der Waals surface area contributed by atoms with Crippen molar-refractivity contribution in [3.63, 3.8) is 0 Å². The normalized spacial score (nSPS) is 14.5. The lowest BCUT2D eigenvalue weighted by Crippen LogP contribution is -2.27. The summed E-state index contributed by atoms with van der Waals surface area (Å²) in [4.78, 5) is 18.6. The standard InChI is InChI=1S/C16H20N4OS/c1-2-14-17-16(19-18-14)22-11-12-5-7-13(8-6-12)15(21)20-9-3-4-10-20/h5-8H,2-4,9-11H2,1H3,(H,17,18,19). The monoisotopic (exact) mass is 316 g/mol. The molecule has 1 aliphatic heterocycles. The summed E-state index contributed by atoms with van der Waals surface area (Å²) in [6.07, 6.45) is 3.11. The molecule has 2 heterocycles. The zero-order valence-electron chi connectivity index (χ0n) is 12.7. The van der Waals surface area contributed by atoms with Gasteiger partial charge in [-0.05, 0) is 30.5 Å². The number of benzene rings is 1. The number of likely N-dealkylation sites (tertiary alicyclic amines) is 1. The summed E-state index contributed by atoms with van der Waals surface area (Å²) in [7, 11) is 0. The quantitative estimate of drug-likeness (QED) is 0.862. The summed E-state index contributed by atoms with van der Waals surface area (Å²) in [5, 5.41) is 7.85. The van der Waals surface area contributed by atoms with Crippen molar-refractivity contribution in [2.45, 2.75) is 37.1 Å². The minimum Gasteiger partial charge on any atom is -0.339 e. The van der Waals surface area contributed by atoms with Crippen LogP contribution in [0.25, 0.3) is 0 Å². The number of nitrogens with one attached hydrogen (secondary N) is 1. The van der Waals surface area contributed by atoms with Crippen LogP contribution in [0.2, 0.25) is 0 Å². The lowest BCUT2D eigenvalue weighted by molar-refractivity contribution is 0.0793. The van der Waals surface area contributed by atoms with E-state index in [1.54, 1.807) is 11.8 Å². The molecule has 0 atom stereocenters. The zero-order chi connectivity index (χ0) is 15.4. The van der Waals surface area contributed by atoms with Gasteiger partial charge in [-0.25, -0.2) is 4.98 Å². The summed E-state index contributed by atoms with van der Waals surface area (Å²) < 4.78 is 0. The third kappa shape index (κ3) is 3.50. The van der Waals surface area contributed by atoms with Gasteiger partial charge in [0.2, 0.25) is 5.16 Å². The molecule has 1 aliphatic rings. The average molecular weight is 316 g/mol. The predicted octanol–water partition coefficient (Wildman–Crippen LogP) is 2.90. The number of thioether (sulfide) groups is 1. The number of rotatable bonds is 5. The molecule has 0 aliphatic carbocycles. The molecule has 1 amide bonds. The van der Waals surface area contributed by atoms with E-state index in [4.69, 9.17) is 0 Å². The number of hydrogen-bond donors (Lipinski definition) is 1. The van der Waals surface area contributed by atoms with E-state index in [9.17, 15) is 4.79 Å². The lowest BCUT2D eigenvalue weighted by atomic mass is 10.1.